The number of hydrogen-bond donors (Lipinski definition) is 2. The van der Waals surface area contributed by atoms with Crippen molar-refractivity contribution in [2.24, 2.45) is 0 Å². The van der Waals surface area contributed by atoms with Crippen molar-refractivity contribution in [3.63, 3.8) is 0 Å². The fourth-order valence-electron chi connectivity index (χ4n) is 2.48. The second-order valence-corrected chi connectivity index (χ2v) is 6.53. The van der Waals surface area contributed by atoms with Crippen LogP contribution in [0.3, 0.4) is 0 Å². The van der Waals surface area contributed by atoms with Crippen molar-refractivity contribution in [1.82, 2.24) is 5.32 Å². The third kappa shape index (κ3) is 4.55. The van der Waals surface area contributed by atoms with Gasteiger partial charge in [0.05, 0.1) is 11.4 Å². The molecule has 1 heterocycles. The first-order valence-corrected chi connectivity index (χ1v) is 7.43. The number of para-hydroxylation sites is 2. The average Bonchev–Trinajstić information content (AvgIpc) is 2.38. The van der Waals surface area contributed by atoms with Gasteiger partial charge in [0.1, 0.15) is 6.10 Å². The van der Waals surface area contributed by atoms with Gasteiger partial charge in [-0.05, 0) is 32.9 Å². The van der Waals surface area contributed by atoms with E-state index in [-0.39, 0.29) is 17.7 Å². The van der Waals surface area contributed by atoms with Crippen LogP contribution in [0.25, 0.3) is 0 Å². The minimum absolute atomic E-state index is 0.0199. The Balaban J connectivity index is 1.84. The summed E-state index contributed by atoms with van der Waals surface area (Å²) in [5.74, 6) is 0. The highest BCUT2D eigenvalue weighted by Crippen LogP contribution is 2.26. The number of rotatable bonds is 2. The van der Waals surface area contributed by atoms with Gasteiger partial charge >= 0.3 is 6.09 Å². The lowest BCUT2D eigenvalue weighted by atomic mass is 10.1. The second-order valence-electron chi connectivity index (χ2n) is 6.53. The van der Waals surface area contributed by atoms with E-state index in [0.717, 1.165) is 37.3 Å². The molecule has 1 saturated heterocycles. The summed E-state index contributed by atoms with van der Waals surface area (Å²) in [4.78, 5) is 14.0. The number of piperidine rings is 1. The highest BCUT2D eigenvalue weighted by molar-refractivity contribution is 5.69. The molecule has 3 N–H and O–H groups in total. The molecule has 0 bridgehead atoms. The van der Waals surface area contributed by atoms with Crippen LogP contribution in [-0.2, 0) is 4.74 Å². The fourth-order valence-corrected chi connectivity index (χ4v) is 2.48. The number of carbonyl (C=O) groups excluding carboxylic acids is 1. The molecular weight excluding hydrogens is 266 g/mol. The number of carbonyl (C=O) groups is 1. The molecule has 1 aliphatic heterocycles. The van der Waals surface area contributed by atoms with Crippen LogP contribution in [0.5, 0.6) is 0 Å². The van der Waals surface area contributed by atoms with E-state index < -0.39 is 0 Å². The predicted molar refractivity (Wildman–Crippen MR) is 85.5 cm³/mol. The van der Waals surface area contributed by atoms with E-state index in [1.165, 1.54) is 0 Å². The van der Waals surface area contributed by atoms with Crippen LogP contribution in [0.1, 0.15) is 33.6 Å². The molecule has 1 fully saturated rings. The van der Waals surface area contributed by atoms with E-state index in [2.05, 4.69) is 10.2 Å². The number of hydrogen-bond acceptors (Lipinski definition) is 4. The van der Waals surface area contributed by atoms with Crippen molar-refractivity contribution in [2.45, 2.75) is 45.3 Å². The van der Waals surface area contributed by atoms with Gasteiger partial charge in [-0.3, -0.25) is 0 Å². The number of ether oxygens (including phenoxy) is 1. The van der Waals surface area contributed by atoms with Crippen LogP contribution in [-0.4, -0.2) is 30.8 Å². The molecule has 1 amide bonds. The molecular formula is C16H25N3O2. The van der Waals surface area contributed by atoms with Crippen LogP contribution in [0.15, 0.2) is 24.3 Å². The van der Waals surface area contributed by atoms with E-state index in [1.54, 1.807) is 0 Å². The number of amides is 1. The molecule has 1 aliphatic rings. The maximum atomic E-state index is 11.8. The van der Waals surface area contributed by atoms with Crippen molar-refractivity contribution in [3.05, 3.63) is 24.3 Å². The minimum atomic E-state index is -0.333. The number of nitrogens with two attached hydrogens (primary N) is 1. The summed E-state index contributed by atoms with van der Waals surface area (Å²) in [6.45, 7) is 7.52. The van der Waals surface area contributed by atoms with Crippen LogP contribution in [0.4, 0.5) is 16.2 Å². The van der Waals surface area contributed by atoms with E-state index in [9.17, 15) is 4.79 Å². The van der Waals surface area contributed by atoms with Crippen LogP contribution < -0.4 is 16.0 Å². The van der Waals surface area contributed by atoms with Crippen molar-refractivity contribution in [1.29, 1.82) is 0 Å². The van der Waals surface area contributed by atoms with Crippen molar-refractivity contribution >= 4 is 17.5 Å². The molecule has 0 atom stereocenters. The fraction of sp³-hybridized carbons (Fsp3) is 0.562. The first-order valence-electron chi connectivity index (χ1n) is 7.43. The first-order chi connectivity index (χ1) is 9.85. The summed E-state index contributed by atoms with van der Waals surface area (Å²) in [5.41, 5.74) is 7.59. The molecule has 0 aromatic heterocycles. The Bertz CT molecular complexity index is 489. The Hall–Kier alpha value is -1.91. The van der Waals surface area contributed by atoms with E-state index in [4.69, 9.17) is 10.5 Å². The Morgan fingerprint density at radius 2 is 1.90 bits per heavy atom. The lowest BCUT2D eigenvalue weighted by Gasteiger charge is -2.34. The number of nitrogens with zero attached hydrogens (tertiary/aromatic N) is 1. The number of nitrogen functional groups attached to an aromatic ring is 1. The van der Waals surface area contributed by atoms with E-state index >= 15 is 0 Å². The highest BCUT2D eigenvalue weighted by Gasteiger charge is 2.24. The molecule has 5 nitrogen and oxygen atoms in total. The summed E-state index contributed by atoms with van der Waals surface area (Å²) in [6, 6.07) is 7.87. The van der Waals surface area contributed by atoms with Gasteiger partial charge in [-0.15, -0.1) is 0 Å². The van der Waals surface area contributed by atoms with Gasteiger partial charge in [0.2, 0.25) is 0 Å². The van der Waals surface area contributed by atoms with Crippen LogP contribution in [0, 0.1) is 0 Å². The summed E-state index contributed by atoms with van der Waals surface area (Å²) in [5, 5.41) is 2.82. The van der Waals surface area contributed by atoms with Crippen molar-refractivity contribution in [2.75, 3.05) is 23.7 Å². The lowest BCUT2D eigenvalue weighted by Crippen LogP contribution is -2.44. The maximum absolute atomic E-state index is 11.8. The first kappa shape index (κ1) is 15.5. The maximum Gasteiger partial charge on any atom is 0.407 e. The number of alkyl carbamates (subject to hydrolysis) is 1. The Kier molecular flexibility index (Phi) is 4.60. The van der Waals surface area contributed by atoms with Crippen LogP contribution >= 0.6 is 0 Å². The molecule has 0 saturated carbocycles. The predicted octanol–water partition coefficient (Wildman–Crippen LogP) is 2.76. The monoisotopic (exact) mass is 291 g/mol. The highest BCUT2D eigenvalue weighted by atomic mass is 16.6. The summed E-state index contributed by atoms with van der Waals surface area (Å²) in [7, 11) is 0. The largest absolute Gasteiger partial charge is 0.446 e. The number of benzene rings is 1. The zero-order valence-corrected chi connectivity index (χ0v) is 13.1. The van der Waals surface area contributed by atoms with Gasteiger partial charge < -0.3 is 20.7 Å². The standard InChI is InChI=1S/C16H25N3O2/c1-16(2,3)18-15(20)21-12-8-10-19(11-9-12)14-7-5-4-6-13(14)17/h4-7,12H,8-11,17H2,1-3H3,(H,18,20). The van der Waals surface area contributed by atoms with Crippen molar-refractivity contribution in [3.8, 4) is 0 Å². The van der Waals surface area contributed by atoms with Gasteiger partial charge in [-0.25, -0.2) is 4.79 Å². The molecule has 0 spiro atoms. The Morgan fingerprint density at radius 1 is 1.29 bits per heavy atom. The quantitative estimate of drug-likeness (QED) is 0.822. The molecule has 1 aromatic carbocycles. The average molecular weight is 291 g/mol. The van der Waals surface area contributed by atoms with Gasteiger partial charge in [-0.2, -0.15) is 0 Å². The van der Waals surface area contributed by atoms with Gasteiger partial charge in [0.25, 0.3) is 0 Å². The Morgan fingerprint density at radius 3 is 2.48 bits per heavy atom. The zero-order valence-electron chi connectivity index (χ0n) is 13.1. The lowest BCUT2D eigenvalue weighted by molar-refractivity contribution is 0.0777. The van der Waals surface area contributed by atoms with Crippen LogP contribution in [0.2, 0.25) is 0 Å². The topological polar surface area (TPSA) is 67.6 Å². The molecule has 116 valence electrons. The molecule has 1 aromatic rings. The third-order valence-electron chi connectivity index (χ3n) is 3.47. The SMILES string of the molecule is CC(C)(C)NC(=O)OC1CCN(c2ccccc2N)CC1. The van der Waals surface area contributed by atoms with Gasteiger partial charge in [0, 0.05) is 31.5 Å². The van der Waals surface area contributed by atoms with Gasteiger partial charge in [-0.1, -0.05) is 12.1 Å². The normalized spacial score (nSPS) is 16.6. The smallest absolute Gasteiger partial charge is 0.407 e. The summed E-state index contributed by atoms with van der Waals surface area (Å²) >= 11 is 0. The molecule has 21 heavy (non-hydrogen) atoms. The van der Waals surface area contributed by atoms with E-state index in [0.29, 0.717) is 0 Å². The zero-order chi connectivity index (χ0) is 15.5. The van der Waals surface area contributed by atoms with E-state index in [1.807, 2.05) is 45.0 Å². The number of anilines is 2. The molecule has 5 heteroatoms. The Labute approximate surface area is 126 Å². The second kappa shape index (κ2) is 6.24. The third-order valence-corrected chi connectivity index (χ3v) is 3.47. The van der Waals surface area contributed by atoms with Crippen molar-refractivity contribution < 1.29 is 9.53 Å². The minimum Gasteiger partial charge on any atom is -0.446 e. The van der Waals surface area contributed by atoms with Gasteiger partial charge in [0.15, 0.2) is 0 Å². The number of nitrogens with one attached hydrogen (secondary N) is 1. The molecule has 0 aliphatic carbocycles. The molecule has 2 rings (SSSR count). The molecule has 0 radical (unpaired) electrons. The summed E-state index contributed by atoms with van der Waals surface area (Å²) in [6.07, 6.45) is 1.30. The molecule has 0 unspecified atom stereocenters. The summed E-state index contributed by atoms with van der Waals surface area (Å²) < 4.78 is 5.47.